The van der Waals surface area contributed by atoms with Gasteiger partial charge in [-0.1, -0.05) is 6.58 Å². The summed E-state index contributed by atoms with van der Waals surface area (Å²) in [7, 11) is 0. The van der Waals surface area contributed by atoms with Gasteiger partial charge in [0.05, 0.1) is 5.76 Å². The van der Waals surface area contributed by atoms with Crippen LogP contribution >= 0.6 is 0 Å². The third-order valence-corrected chi connectivity index (χ3v) is 0.823. The van der Waals surface area contributed by atoms with E-state index >= 15 is 0 Å². The number of ether oxygens (including phenoxy) is 1. The van der Waals surface area contributed by atoms with Crippen LogP contribution in [0.15, 0.2) is 12.3 Å². The fourth-order valence-electron chi connectivity index (χ4n) is 0.397. The highest BCUT2D eigenvalue weighted by atomic mass is 16.5. The highest BCUT2D eigenvalue weighted by Gasteiger charge is 1.97. The third kappa shape index (κ3) is 5.11. The normalized spacial score (nSPS) is 8.90. The fourth-order valence-corrected chi connectivity index (χ4v) is 0.397. The van der Waals surface area contributed by atoms with Gasteiger partial charge < -0.3 is 15.6 Å². The molecule has 10 heavy (non-hydrogen) atoms. The molecule has 0 aliphatic heterocycles. The zero-order valence-electron chi connectivity index (χ0n) is 5.67. The fraction of sp³-hybridized carbons (Fsp3) is 0.500. The molecule has 0 heterocycles. The Kier molecular flexibility index (Phi) is 4.32. The van der Waals surface area contributed by atoms with Gasteiger partial charge in [0.2, 0.25) is 0 Å². The predicted molar refractivity (Wildman–Crippen MR) is 36.4 cm³/mol. The first-order valence-corrected chi connectivity index (χ1v) is 2.89. The molecule has 0 aromatic heterocycles. The molecule has 0 saturated heterocycles. The highest BCUT2D eigenvalue weighted by Crippen LogP contribution is 1.96. The maximum Gasteiger partial charge on any atom is 0.341 e. The summed E-state index contributed by atoms with van der Waals surface area (Å²) in [6.07, 6.45) is 0.507. The van der Waals surface area contributed by atoms with Crippen LogP contribution in [0, 0.1) is 0 Å². The van der Waals surface area contributed by atoms with Gasteiger partial charge in [-0.3, -0.25) is 0 Å². The van der Waals surface area contributed by atoms with Gasteiger partial charge in [0, 0.05) is 6.42 Å². The van der Waals surface area contributed by atoms with Crippen molar-refractivity contribution < 1.29 is 14.6 Å². The first-order chi connectivity index (χ1) is 4.66. The molecular formula is C6H11NO3. The van der Waals surface area contributed by atoms with Gasteiger partial charge in [0.15, 0.2) is 6.61 Å². The van der Waals surface area contributed by atoms with Crippen molar-refractivity contribution in [1.29, 1.82) is 0 Å². The van der Waals surface area contributed by atoms with Gasteiger partial charge in [0.1, 0.15) is 0 Å². The summed E-state index contributed by atoms with van der Waals surface area (Å²) < 4.78 is 4.67. The van der Waals surface area contributed by atoms with Crippen molar-refractivity contribution in [1.82, 2.24) is 0 Å². The summed E-state index contributed by atoms with van der Waals surface area (Å²) in [5, 5.41) is 8.13. The number of aliphatic carboxylic acids is 1. The van der Waals surface area contributed by atoms with Crippen LogP contribution in [0.25, 0.3) is 0 Å². The molecular weight excluding hydrogens is 134 g/mol. The highest BCUT2D eigenvalue weighted by molar-refractivity contribution is 5.68. The minimum Gasteiger partial charge on any atom is -0.487 e. The van der Waals surface area contributed by atoms with Crippen LogP contribution in [0.3, 0.4) is 0 Å². The number of nitrogens with two attached hydrogens (primary N) is 1. The van der Waals surface area contributed by atoms with Crippen LogP contribution in [0.5, 0.6) is 0 Å². The lowest BCUT2D eigenvalue weighted by Gasteiger charge is -2.03. The molecule has 0 rings (SSSR count). The minimum atomic E-state index is -1.00. The summed E-state index contributed by atoms with van der Waals surface area (Å²) >= 11 is 0. The van der Waals surface area contributed by atoms with Gasteiger partial charge in [-0.2, -0.15) is 0 Å². The predicted octanol–water partition coefficient (Wildman–Crippen LogP) is -0.0499. The van der Waals surface area contributed by atoms with E-state index < -0.39 is 5.97 Å². The number of carboxylic acid groups (broad SMARTS) is 1. The van der Waals surface area contributed by atoms with E-state index in [0.29, 0.717) is 18.7 Å². The lowest BCUT2D eigenvalue weighted by Crippen LogP contribution is -2.08. The van der Waals surface area contributed by atoms with Crippen molar-refractivity contribution in [2.24, 2.45) is 5.73 Å². The molecule has 0 aliphatic rings. The zero-order chi connectivity index (χ0) is 7.98. The lowest BCUT2D eigenvalue weighted by molar-refractivity contribution is -0.140. The zero-order valence-corrected chi connectivity index (χ0v) is 5.67. The Labute approximate surface area is 59.3 Å². The van der Waals surface area contributed by atoms with Gasteiger partial charge in [-0.25, -0.2) is 4.79 Å². The SMILES string of the molecule is C=C(CCN)OCC(=O)O. The van der Waals surface area contributed by atoms with Gasteiger partial charge in [-0.05, 0) is 6.54 Å². The quantitative estimate of drug-likeness (QED) is 0.532. The molecule has 3 N–H and O–H groups in total. The summed E-state index contributed by atoms with van der Waals surface area (Å²) in [6.45, 7) is 3.55. The second-order valence-electron chi connectivity index (χ2n) is 1.76. The Hall–Kier alpha value is -1.03. The van der Waals surface area contributed by atoms with Crippen LogP contribution in [-0.2, 0) is 9.53 Å². The molecule has 0 radical (unpaired) electrons. The van der Waals surface area contributed by atoms with E-state index in [1.165, 1.54) is 0 Å². The largest absolute Gasteiger partial charge is 0.487 e. The maximum atomic E-state index is 9.91. The molecule has 0 unspecified atom stereocenters. The Morgan fingerprint density at radius 2 is 2.30 bits per heavy atom. The van der Waals surface area contributed by atoms with Crippen LogP contribution in [0.2, 0.25) is 0 Å². The van der Waals surface area contributed by atoms with Crippen molar-refractivity contribution in [2.75, 3.05) is 13.2 Å². The van der Waals surface area contributed by atoms with Crippen LogP contribution in [0.4, 0.5) is 0 Å². The number of carboxylic acids is 1. The topological polar surface area (TPSA) is 72.5 Å². The van der Waals surface area contributed by atoms with E-state index in [9.17, 15) is 4.79 Å². The van der Waals surface area contributed by atoms with Crippen molar-refractivity contribution in [3.8, 4) is 0 Å². The lowest BCUT2D eigenvalue weighted by atomic mass is 10.4. The second kappa shape index (κ2) is 4.81. The molecule has 0 amide bonds. The summed E-state index contributed by atoms with van der Waals surface area (Å²) in [5.41, 5.74) is 5.15. The Balaban J connectivity index is 3.30. The van der Waals surface area contributed by atoms with Crippen molar-refractivity contribution in [3.05, 3.63) is 12.3 Å². The van der Waals surface area contributed by atoms with Crippen molar-refractivity contribution in [3.63, 3.8) is 0 Å². The molecule has 0 aromatic carbocycles. The molecule has 0 spiro atoms. The van der Waals surface area contributed by atoms with E-state index in [0.717, 1.165) is 0 Å². The molecule has 0 aliphatic carbocycles. The first kappa shape index (κ1) is 8.97. The summed E-state index contributed by atoms with van der Waals surface area (Å²) in [6, 6.07) is 0. The molecule has 0 bridgehead atoms. The van der Waals surface area contributed by atoms with E-state index in [1.807, 2.05) is 0 Å². The maximum absolute atomic E-state index is 9.91. The number of hydrogen-bond acceptors (Lipinski definition) is 3. The minimum absolute atomic E-state index is 0.334. The average Bonchev–Trinajstić information content (AvgIpc) is 1.85. The molecule has 0 atom stereocenters. The monoisotopic (exact) mass is 145 g/mol. The van der Waals surface area contributed by atoms with Crippen molar-refractivity contribution >= 4 is 5.97 Å². The standard InChI is InChI=1S/C6H11NO3/c1-5(2-3-7)10-4-6(8)9/h1-4,7H2,(H,8,9). The third-order valence-electron chi connectivity index (χ3n) is 0.823. The van der Waals surface area contributed by atoms with E-state index in [-0.39, 0.29) is 6.61 Å². The summed E-state index contributed by atoms with van der Waals surface area (Å²) in [5.74, 6) is -0.580. The van der Waals surface area contributed by atoms with Gasteiger partial charge >= 0.3 is 5.97 Å². The molecule has 4 heteroatoms. The Bertz CT molecular complexity index is 133. The van der Waals surface area contributed by atoms with Gasteiger partial charge in [0.25, 0.3) is 0 Å². The second-order valence-corrected chi connectivity index (χ2v) is 1.76. The van der Waals surface area contributed by atoms with Gasteiger partial charge in [-0.15, -0.1) is 0 Å². The average molecular weight is 145 g/mol. The molecule has 0 fully saturated rings. The Morgan fingerprint density at radius 3 is 2.70 bits per heavy atom. The van der Waals surface area contributed by atoms with Crippen molar-refractivity contribution in [2.45, 2.75) is 6.42 Å². The summed E-state index contributed by atoms with van der Waals surface area (Å²) in [4.78, 5) is 9.91. The van der Waals surface area contributed by atoms with Crippen LogP contribution in [-0.4, -0.2) is 24.2 Å². The molecule has 0 saturated carbocycles. The molecule has 0 aromatic rings. The number of rotatable bonds is 5. The molecule has 58 valence electrons. The van der Waals surface area contributed by atoms with E-state index in [4.69, 9.17) is 10.8 Å². The molecule has 4 nitrogen and oxygen atoms in total. The first-order valence-electron chi connectivity index (χ1n) is 2.89. The number of carbonyl (C=O) groups is 1. The van der Waals surface area contributed by atoms with Crippen LogP contribution < -0.4 is 5.73 Å². The number of hydrogen-bond donors (Lipinski definition) is 2. The van der Waals surface area contributed by atoms with E-state index in [2.05, 4.69) is 11.3 Å². The Morgan fingerprint density at radius 1 is 1.70 bits per heavy atom. The van der Waals surface area contributed by atoms with Crippen LogP contribution in [0.1, 0.15) is 6.42 Å². The van der Waals surface area contributed by atoms with E-state index in [1.54, 1.807) is 0 Å². The smallest absolute Gasteiger partial charge is 0.341 e.